The highest BCUT2D eigenvalue weighted by atomic mass is 14.8. The van der Waals surface area contributed by atoms with Crippen molar-refractivity contribution in [3.8, 4) is 0 Å². The molecule has 0 atom stereocenters. The van der Waals surface area contributed by atoms with Gasteiger partial charge in [-0.2, -0.15) is 0 Å². The van der Waals surface area contributed by atoms with Gasteiger partial charge in [0.05, 0.1) is 0 Å². The molecule has 0 radical (unpaired) electrons. The standard InChI is InChI=1S/C8H13N3/c9-5-1-2-7-3-4-8(10)11-6-7/h3-4,6H,1-2,5,9H2,(H2,10,11). The summed E-state index contributed by atoms with van der Waals surface area (Å²) in [6.45, 7) is 0.727. The molecule has 1 rings (SSSR count). The van der Waals surface area contributed by atoms with Crippen LogP contribution in [0.1, 0.15) is 12.0 Å². The Kier molecular flexibility index (Phi) is 2.86. The van der Waals surface area contributed by atoms with Crippen LogP contribution in [-0.2, 0) is 6.42 Å². The fourth-order valence-electron chi connectivity index (χ4n) is 0.890. The van der Waals surface area contributed by atoms with Crippen LogP contribution in [0.3, 0.4) is 0 Å². The molecule has 0 unspecified atom stereocenters. The molecule has 0 aliphatic rings. The maximum Gasteiger partial charge on any atom is 0.123 e. The Labute approximate surface area is 66.4 Å². The molecule has 0 aliphatic carbocycles. The molecule has 0 aliphatic heterocycles. The molecule has 0 aromatic carbocycles. The van der Waals surface area contributed by atoms with Crippen LogP contribution in [0.4, 0.5) is 5.82 Å². The first-order chi connectivity index (χ1) is 5.33. The van der Waals surface area contributed by atoms with Crippen LogP contribution >= 0.6 is 0 Å². The third kappa shape index (κ3) is 2.55. The number of aryl methyl sites for hydroxylation is 1. The zero-order chi connectivity index (χ0) is 8.10. The molecule has 0 bridgehead atoms. The molecule has 3 nitrogen and oxygen atoms in total. The number of hydrogen-bond donors (Lipinski definition) is 2. The summed E-state index contributed by atoms with van der Waals surface area (Å²) in [6.07, 6.45) is 3.79. The Morgan fingerprint density at radius 1 is 1.36 bits per heavy atom. The fraction of sp³-hybridized carbons (Fsp3) is 0.375. The molecule has 0 saturated heterocycles. The van der Waals surface area contributed by atoms with Crippen molar-refractivity contribution in [2.45, 2.75) is 12.8 Å². The van der Waals surface area contributed by atoms with Gasteiger partial charge in [0.1, 0.15) is 5.82 Å². The van der Waals surface area contributed by atoms with Gasteiger partial charge in [-0.15, -0.1) is 0 Å². The lowest BCUT2D eigenvalue weighted by atomic mass is 10.1. The van der Waals surface area contributed by atoms with Crippen molar-refractivity contribution in [1.82, 2.24) is 4.98 Å². The highest BCUT2D eigenvalue weighted by Gasteiger charge is 1.91. The minimum absolute atomic E-state index is 0.571. The number of nitrogens with zero attached hydrogens (tertiary/aromatic N) is 1. The zero-order valence-corrected chi connectivity index (χ0v) is 6.46. The van der Waals surface area contributed by atoms with Gasteiger partial charge in [0.25, 0.3) is 0 Å². The average molecular weight is 151 g/mol. The van der Waals surface area contributed by atoms with E-state index >= 15 is 0 Å². The molecule has 60 valence electrons. The van der Waals surface area contributed by atoms with Gasteiger partial charge >= 0.3 is 0 Å². The van der Waals surface area contributed by atoms with Gasteiger partial charge in [-0.1, -0.05) is 6.07 Å². The van der Waals surface area contributed by atoms with E-state index in [4.69, 9.17) is 11.5 Å². The molecule has 0 amide bonds. The van der Waals surface area contributed by atoms with Crippen LogP contribution in [0, 0.1) is 0 Å². The molecule has 1 heterocycles. The molecule has 11 heavy (non-hydrogen) atoms. The van der Waals surface area contributed by atoms with Gasteiger partial charge in [0, 0.05) is 6.20 Å². The average Bonchev–Trinajstić information content (AvgIpc) is 2.04. The maximum atomic E-state index is 5.42. The normalized spacial score (nSPS) is 9.91. The summed E-state index contributed by atoms with van der Waals surface area (Å²) in [5.41, 5.74) is 12.0. The quantitative estimate of drug-likeness (QED) is 0.663. The number of pyridine rings is 1. The van der Waals surface area contributed by atoms with Gasteiger partial charge < -0.3 is 11.5 Å². The van der Waals surface area contributed by atoms with Crippen LogP contribution in [0.5, 0.6) is 0 Å². The van der Waals surface area contributed by atoms with Gasteiger partial charge in [-0.25, -0.2) is 4.98 Å². The highest BCUT2D eigenvalue weighted by molar-refractivity contribution is 5.29. The lowest BCUT2D eigenvalue weighted by Crippen LogP contribution is -2.00. The van der Waals surface area contributed by atoms with Crippen molar-refractivity contribution in [2.75, 3.05) is 12.3 Å². The second kappa shape index (κ2) is 3.93. The van der Waals surface area contributed by atoms with Crippen LogP contribution in [0.25, 0.3) is 0 Å². The number of anilines is 1. The van der Waals surface area contributed by atoms with E-state index in [9.17, 15) is 0 Å². The van der Waals surface area contributed by atoms with E-state index in [1.54, 1.807) is 6.20 Å². The molecule has 3 heteroatoms. The second-order valence-corrected chi connectivity index (χ2v) is 2.48. The van der Waals surface area contributed by atoms with Gasteiger partial charge in [0.2, 0.25) is 0 Å². The van der Waals surface area contributed by atoms with Crippen molar-refractivity contribution in [3.05, 3.63) is 23.9 Å². The van der Waals surface area contributed by atoms with Gasteiger partial charge in [0.15, 0.2) is 0 Å². The molecule has 0 fully saturated rings. The molecular weight excluding hydrogens is 138 g/mol. The number of aromatic nitrogens is 1. The molecule has 1 aromatic heterocycles. The monoisotopic (exact) mass is 151 g/mol. The highest BCUT2D eigenvalue weighted by Crippen LogP contribution is 2.02. The Morgan fingerprint density at radius 3 is 2.73 bits per heavy atom. The number of hydrogen-bond acceptors (Lipinski definition) is 3. The van der Waals surface area contributed by atoms with Crippen molar-refractivity contribution in [3.63, 3.8) is 0 Å². The largest absolute Gasteiger partial charge is 0.384 e. The summed E-state index contributed by atoms with van der Waals surface area (Å²) in [6, 6.07) is 3.80. The van der Waals surface area contributed by atoms with Crippen molar-refractivity contribution >= 4 is 5.82 Å². The zero-order valence-electron chi connectivity index (χ0n) is 6.46. The van der Waals surface area contributed by atoms with E-state index in [-0.39, 0.29) is 0 Å². The summed E-state index contributed by atoms with van der Waals surface area (Å²) in [4.78, 5) is 3.97. The second-order valence-electron chi connectivity index (χ2n) is 2.48. The first-order valence-corrected chi connectivity index (χ1v) is 3.73. The number of nitrogen functional groups attached to an aromatic ring is 1. The Hall–Kier alpha value is -1.09. The van der Waals surface area contributed by atoms with Crippen molar-refractivity contribution in [2.24, 2.45) is 5.73 Å². The summed E-state index contributed by atoms with van der Waals surface area (Å²) in [5, 5.41) is 0. The lowest BCUT2D eigenvalue weighted by molar-refractivity contribution is 0.829. The van der Waals surface area contributed by atoms with Crippen LogP contribution in [-0.4, -0.2) is 11.5 Å². The van der Waals surface area contributed by atoms with E-state index in [0.29, 0.717) is 5.82 Å². The molecule has 0 saturated carbocycles. The van der Waals surface area contributed by atoms with Crippen molar-refractivity contribution in [1.29, 1.82) is 0 Å². The smallest absolute Gasteiger partial charge is 0.123 e. The molecular formula is C8H13N3. The minimum atomic E-state index is 0.571. The number of rotatable bonds is 3. The van der Waals surface area contributed by atoms with Crippen LogP contribution in [0.2, 0.25) is 0 Å². The van der Waals surface area contributed by atoms with E-state index in [0.717, 1.165) is 19.4 Å². The van der Waals surface area contributed by atoms with Gasteiger partial charge in [-0.05, 0) is 31.0 Å². The Morgan fingerprint density at radius 2 is 2.18 bits per heavy atom. The van der Waals surface area contributed by atoms with E-state index in [1.165, 1.54) is 5.56 Å². The number of nitrogens with two attached hydrogens (primary N) is 2. The van der Waals surface area contributed by atoms with E-state index in [2.05, 4.69) is 4.98 Å². The van der Waals surface area contributed by atoms with Crippen LogP contribution in [0.15, 0.2) is 18.3 Å². The third-order valence-corrected chi connectivity index (χ3v) is 1.52. The van der Waals surface area contributed by atoms with Crippen molar-refractivity contribution < 1.29 is 0 Å². The summed E-state index contributed by atoms with van der Waals surface area (Å²) in [7, 11) is 0. The predicted octanol–water partition coefficient (Wildman–Crippen LogP) is 0.555. The fourth-order valence-corrected chi connectivity index (χ4v) is 0.890. The Balaban J connectivity index is 2.52. The van der Waals surface area contributed by atoms with E-state index < -0.39 is 0 Å². The predicted molar refractivity (Wildman–Crippen MR) is 46.0 cm³/mol. The molecule has 1 aromatic rings. The van der Waals surface area contributed by atoms with E-state index in [1.807, 2.05) is 12.1 Å². The maximum absolute atomic E-state index is 5.42. The SMILES string of the molecule is NCCCc1ccc(N)nc1. The summed E-state index contributed by atoms with van der Waals surface area (Å²) >= 11 is 0. The third-order valence-electron chi connectivity index (χ3n) is 1.52. The van der Waals surface area contributed by atoms with Crippen LogP contribution < -0.4 is 11.5 Å². The molecule has 4 N–H and O–H groups in total. The molecule has 0 spiro atoms. The Bertz CT molecular complexity index is 205. The lowest BCUT2D eigenvalue weighted by Gasteiger charge is -1.98. The first kappa shape index (κ1) is 8.01. The minimum Gasteiger partial charge on any atom is -0.384 e. The summed E-state index contributed by atoms with van der Waals surface area (Å²) < 4.78 is 0. The topological polar surface area (TPSA) is 64.9 Å². The van der Waals surface area contributed by atoms with Gasteiger partial charge in [-0.3, -0.25) is 0 Å². The summed E-state index contributed by atoms with van der Waals surface area (Å²) in [5.74, 6) is 0.571. The first-order valence-electron chi connectivity index (χ1n) is 3.73.